The van der Waals surface area contributed by atoms with Crippen molar-refractivity contribution in [3.05, 3.63) is 65.7 Å². The molecule has 0 aliphatic heterocycles. The van der Waals surface area contributed by atoms with Crippen molar-refractivity contribution < 1.29 is 9.53 Å². The van der Waals surface area contributed by atoms with Crippen LogP contribution in [0.4, 0.5) is 0 Å². The third-order valence-electron chi connectivity index (χ3n) is 4.11. The quantitative estimate of drug-likeness (QED) is 0.820. The molecule has 3 nitrogen and oxygen atoms in total. The molecular formula is C20H25NO2. The molecule has 0 saturated heterocycles. The maximum absolute atomic E-state index is 12.0. The van der Waals surface area contributed by atoms with Crippen LogP contribution in [-0.2, 0) is 4.79 Å². The molecule has 0 aliphatic rings. The molecule has 2 unspecified atom stereocenters. The number of ether oxygens (including phenoxy) is 1. The molecule has 0 fully saturated rings. The second kappa shape index (κ2) is 8.37. The van der Waals surface area contributed by atoms with Crippen LogP contribution in [0, 0.1) is 0 Å². The van der Waals surface area contributed by atoms with Crippen molar-refractivity contribution in [2.24, 2.45) is 0 Å². The highest BCUT2D eigenvalue weighted by Gasteiger charge is 2.10. The van der Waals surface area contributed by atoms with Crippen LogP contribution in [0.15, 0.2) is 54.6 Å². The Morgan fingerprint density at radius 3 is 2.26 bits per heavy atom. The summed E-state index contributed by atoms with van der Waals surface area (Å²) in [6, 6.07) is 17.8. The summed E-state index contributed by atoms with van der Waals surface area (Å²) in [4.78, 5) is 12.0. The van der Waals surface area contributed by atoms with Crippen LogP contribution < -0.4 is 10.1 Å². The zero-order valence-electron chi connectivity index (χ0n) is 14.1. The van der Waals surface area contributed by atoms with Gasteiger partial charge in [0, 0.05) is 0 Å². The number of rotatable bonds is 7. The topological polar surface area (TPSA) is 38.3 Å². The maximum Gasteiger partial charge on any atom is 0.258 e. The molecule has 0 aliphatic carbocycles. The van der Waals surface area contributed by atoms with E-state index in [1.807, 2.05) is 49.4 Å². The minimum atomic E-state index is -0.118. The first-order valence-corrected chi connectivity index (χ1v) is 8.17. The summed E-state index contributed by atoms with van der Waals surface area (Å²) in [6.07, 6.45) is 1.11. The van der Waals surface area contributed by atoms with Gasteiger partial charge < -0.3 is 10.1 Å². The van der Waals surface area contributed by atoms with E-state index in [2.05, 4.69) is 31.3 Å². The fourth-order valence-corrected chi connectivity index (χ4v) is 2.39. The lowest BCUT2D eigenvalue weighted by Crippen LogP contribution is -2.31. The average Bonchev–Trinajstić information content (AvgIpc) is 2.60. The Hall–Kier alpha value is -2.29. The highest BCUT2D eigenvalue weighted by molar-refractivity contribution is 5.78. The number of hydrogen-bond acceptors (Lipinski definition) is 2. The van der Waals surface area contributed by atoms with Crippen LogP contribution in [-0.4, -0.2) is 12.5 Å². The predicted octanol–water partition coefficient (Wildman–Crippen LogP) is 4.46. The molecule has 23 heavy (non-hydrogen) atoms. The van der Waals surface area contributed by atoms with Gasteiger partial charge in [-0.3, -0.25) is 4.79 Å². The van der Waals surface area contributed by atoms with Gasteiger partial charge in [-0.2, -0.15) is 0 Å². The molecular weight excluding hydrogens is 286 g/mol. The minimum Gasteiger partial charge on any atom is -0.484 e. The Kier molecular flexibility index (Phi) is 6.21. The Morgan fingerprint density at radius 1 is 1.00 bits per heavy atom. The molecule has 0 saturated carbocycles. The molecule has 3 heteroatoms. The van der Waals surface area contributed by atoms with Gasteiger partial charge in [0.15, 0.2) is 6.61 Å². The summed E-state index contributed by atoms with van der Waals surface area (Å²) in [5.74, 6) is 1.14. The average molecular weight is 311 g/mol. The van der Waals surface area contributed by atoms with Crippen LogP contribution in [0.1, 0.15) is 50.3 Å². The van der Waals surface area contributed by atoms with E-state index in [9.17, 15) is 4.79 Å². The Balaban J connectivity index is 1.82. The monoisotopic (exact) mass is 311 g/mol. The van der Waals surface area contributed by atoms with E-state index in [0.29, 0.717) is 5.92 Å². The molecule has 0 aromatic heterocycles. The SMILES string of the molecule is CCC(C)c1ccc(OCC(=O)NC(C)c2ccccc2)cc1. The van der Waals surface area contributed by atoms with E-state index in [1.165, 1.54) is 5.56 Å². The first-order chi connectivity index (χ1) is 11.1. The second-order valence-electron chi connectivity index (χ2n) is 5.87. The van der Waals surface area contributed by atoms with Gasteiger partial charge in [-0.05, 0) is 42.5 Å². The van der Waals surface area contributed by atoms with E-state index in [0.717, 1.165) is 17.7 Å². The lowest BCUT2D eigenvalue weighted by molar-refractivity contribution is -0.123. The molecule has 2 aromatic carbocycles. The number of amides is 1. The molecule has 2 atom stereocenters. The van der Waals surface area contributed by atoms with Crippen molar-refractivity contribution in [2.45, 2.75) is 39.2 Å². The molecule has 0 heterocycles. The molecule has 1 N–H and O–H groups in total. The number of nitrogens with one attached hydrogen (secondary N) is 1. The second-order valence-corrected chi connectivity index (χ2v) is 5.87. The van der Waals surface area contributed by atoms with Gasteiger partial charge >= 0.3 is 0 Å². The van der Waals surface area contributed by atoms with Gasteiger partial charge in [-0.25, -0.2) is 0 Å². The summed E-state index contributed by atoms with van der Waals surface area (Å²) in [6.45, 7) is 6.37. The van der Waals surface area contributed by atoms with E-state index in [1.54, 1.807) is 0 Å². The van der Waals surface area contributed by atoms with Crippen molar-refractivity contribution in [3.63, 3.8) is 0 Å². The number of carbonyl (C=O) groups is 1. The molecule has 0 bridgehead atoms. The number of carbonyl (C=O) groups excluding carboxylic acids is 1. The lowest BCUT2D eigenvalue weighted by Gasteiger charge is -2.15. The third-order valence-corrected chi connectivity index (χ3v) is 4.11. The van der Waals surface area contributed by atoms with Crippen LogP contribution in [0.3, 0.4) is 0 Å². The van der Waals surface area contributed by atoms with Gasteiger partial charge in [0.2, 0.25) is 0 Å². The standard InChI is InChI=1S/C20H25NO2/c1-4-15(2)17-10-12-19(13-11-17)23-14-20(22)21-16(3)18-8-6-5-7-9-18/h5-13,15-16H,4,14H2,1-3H3,(H,21,22). The summed E-state index contributed by atoms with van der Waals surface area (Å²) < 4.78 is 5.56. The van der Waals surface area contributed by atoms with E-state index in [4.69, 9.17) is 4.74 Å². The minimum absolute atomic E-state index is 0.0276. The van der Waals surface area contributed by atoms with E-state index in [-0.39, 0.29) is 18.6 Å². The maximum atomic E-state index is 12.0. The smallest absolute Gasteiger partial charge is 0.258 e. The lowest BCUT2D eigenvalue weighted by atomic mass is 9.99. The van der Waals surface area contributed by atoms with Crippen molar-refractivity contribution >= 4 is 5.91 Å². The first kappa shape index (κ1) is 17.1. The van der Waals surface area contributed by atoms with Crippen molar-refractivity contribution in [2.75, 3.05) is 6.61 Å². The normalized spacial score (nSPS) is 13.2. The Bertz CT molecular complexity index is 607. The fraction of sp³-hybridized carbons (Fsp3) is 0.350. The zero-order chi connectivity index (χ0) is 16.7. The van der Waals surface area contributed by atoms with Crippen molar-refractivity contribution in [1.82, 2.24) is 5.32 Å². The van der Waals surface area contributed by atoms with Crippen LogP contribution >= 0.6 is 0 Å². The highest BCUT2D eigenvalue weighted by atomic mass is 16.5. The summed E-state index contributed by atoms with van der Waals surface area (Å²) in [7, 11) is 0. The van der Waals surface area contributed by atoms with Crippen LogP contribution in [0.2, 0.25) is 0 Å². The van der Waals surface area contributed by atoms with Gasteiger partial charge in [-0.1, -0.05) is 56.3 Å². The van der Waals surface area contributed by atoms with Gasteiger partial charge in [0.05, 0.1) is 6.04 Å². The first-order valence-electron chi connectivity index (χ1n) is 8.17. The van der Waals surface area contributed by atoms with Gasteiger partial charge in [0.25, 0.3) is 5.91 Å². The molecule has 2 aromatic rings. The highest BCUT2D eigenvalue weighted by Crippen LogP contribution is 2.21. The predicted molar refractivity (Wildman–Crippen MR) is 93.6 cm³/mol. The molecule has 0 spiro atoms. The largest absolute Gasteiger partial charge is 0.484 e. The summed E-state index contributed by atoms with van der Waals surface area (Å²) in [5.41, 5.74) is 2.38. The van der Waals surface area contributed by atoms with E-state index >= 15 is 0 Å². The third kappa shape index (κ3) is 5.13. The Morgan fingerprint density at radius 2 is 1.65 bits per heavy atom. The van der Waals surface area contributed by atoms with Crippen molar-refractivity contribution in [3.8, 4) is 5.75 Å². The van der Waals surface area contributed by atoms with Crippen molar-refractivity contribution in [1.29, 1.82) is 0 Å². The summed E-state index contributed by atoms with van der Waals surface area (Å²) in [5, 5.41) is 2.94. The van der Waals surface area contributed by atoms with Crippen LogP contribution in [0.25, 0.3) is 0 Å². The zero-order valence-corrected chi connectivity index (χ0v) is 14.1. The van der Waals surface area contributed by atoms with Gasteiger partial charge in [0.1, 0.15) is 5.75 Å². The van der Waals surface area contributed by atoms with Gasteiger partial charge in [-0.15, -0.1) is 0 Å². The number of hydrogen-bond donors (Lipinski definition) is 1. The number of benzene rings is 2. The van der Waals surface area contributed by atoms with Crippen LogP contribution in [0.5, 0.6) is 5.75 Å². The molecule has 2 rings (SSSR count). The molecule has 1 amide bonds. The fourth-order valence-electron chi connectivity index (χ4n) is 2.39. The molecule has 122 valence electrons. The Labute approximate surface area is 138 Å². The summed E-state index contributed by atoms with van der Waals surface area (Å²) >= 11 is 0. The van der Waals surface area contributed by atoms with E-state index < -0.39 is 0 Å². The molecule has 0 radical (unpaired) electrons.